The molecule has 1 aliphatic rings. The molecule has 1 aromatic carbocycles. The summed E-state index contributed by atoms with van der Waals surface area (Å²) in [6, 6.07) is 2.51. The monoisotopic (exact) mass is 464 g/mol. The van der Waals surface area contributed by atoms with E-state index in [9.17, 15) is 23.3 Å². The first-order chi connectivity index (χ1) is 9.61. The second-order valence-electron chi connectivity index (χ2n) is 4.32. The van der Waals surface area contributed by atoms with E-state index in [1.54, 1.807) is 0 Å². The van der Waals surface area contributed by atoms with Gasteiger partial charge in [-0.05, 0) is 28.7 Å². The number of carbonyl (C=O) groups is 1. The molecule has 0 aliphatic carbocycles. The van der Waals surface area contributed by atoms with E-state index in [1.165, 1.54) is 12.1 Å². The molecule has 0 N–H and O–H groups in total. The molecule has 1 saturated heterocycles. The number of carbonyl (C=O) groups excluding carboxylic acids is 1. The standard InChI is InChI=1S/C10H7Cl2IN2O5S/c11-6-2-8(9(15(17)18)3-7(6)13)14-4-5(1-10(14)16)21(12,19)20/h2-3,5H,1,4H2. The summed E-state index contributed by atoms with van der Waals surface area (Å²) in [6.45, 7) is -0.234. The Kier molecular flexibility index (Phi) is 4.66. The molecule has 1 fully saturated rings. The van der Waals surface area contributed by atoms with E-state index in [4.69, 9.17) is 22.3 Å². The second-order valence-corrected chi connectivity index (χ2v) is 8.80. The molecule has 1 heterocycles. The van der Waals surface area contributed by atoms with E-state index in [1.807, 2.05) is 22.6 Å². The van der Waals surface area contributed by atoms with Crippen molar-refractivity contribution in [1.82, 2.24) is 0 Å². The summed E-state index contributed by atoms with van der Waals surface area (Å²) in [6.07, 6.45) is -0.313. The van der Waals surface area contributed by atoms with Crippen LogP contribution in [0.25, 0.3) is 0 Å². The quantitative estimate of drug-likeness (QED) is 0.296. The van der Waals surface area contributed by atoms with Crippen LogP contribution in [-0.2, 0) is 13.8 Å². The van der Waals surface area contributed by atoms with Crippen LogP contribution in [0, 0.1) is 13.7 Å². The molecule has 0 bridgehead atoms. The number of halogens is 3. The van der Waals surface area contributed by atoms with Crippen molar-refractivity contribution in [2.45, 2.75) is 11.7 Å². The number of rotatable bonds is 3. The maximum Gasteiger partial charge on any atom is 0.294 e. The number of nitro benzene ring substituents is 1. The molecule has 0 radical (unpaired) electrons. The average molecular weight is 465 g/mol. The predicted molar refractivity (Wildman–Crippen MR) is 86.4 cm³/mol. The zero-order valence-electron chi connectivity index (χ0n) is 10.1. The van der Waals surface area contributed by atoms with Crippen LogP contribution in [-0.4, -0.2) is 31.0 Å². The lowest BCUT2D eigenvalue weighted by Crippen LogP contribution is -2.27. The van der Waals surface area contributed by atoms with E-state index in [0.717, 1.165) is 4.90 Å². The number of anilines is 1. The average Bonchev–Trinajstić information content (AvgIpc) is 2.74. The minimum absolute atomic E-state index is 0.0294. The van der Waals surface area contributed by atoms with Crippen LogP contribution < -0.4 is 4.90 Å². The Hall–Kier alpha value is -0.650. The summed E-state index contributed by atoms with van der Waals surface area (Å²) in [7, 11) is 1.33. The Morgan fingerprint density at radius 3 is 2.52 bits per heavy atom. The highest BCUT2D eigenvalue weighted by molar-refractivity contribution is 14.1. The number of benzene rings is 1. The van der Waals surface area contributed by atoms with Crippen molar-refractivity contribution in [2.75, 3.05) is 11.4 Å². The van der Waals surface area contributed by atoms with Crippen molar-refractivity contribution < 1.29 is 18.1 Å². The van der Waals surface area contributed by atoms with Crippen LogP contribution in [0.5, 0.6) is 0 Å². The molecule has 1 amide bonds. The van der Waals surface area contributed by atoms with Crippen molar-refractivity contribution in [3.63, 3.8) is 0 Å². The highest BCUT2D eigenvalue weighted by Gasteiger charge is 2.40. The Labute approximate surface area is 142 Å². The van der Waals surface area contributed by atoms with Crippen LogP contribution in [0.15, 0.2) is 12.1 Å². The Morgan fingerprint density at radius 1 is 1.43 bits per heavy atom. The van der Waals surface area contributed by atoms with Gasteiger partial charge < -0.3 is 4.90 Å². The van der Waals surface area contributed by atoms with E-state index in [0.29, 0.717) is 3.57 Å². The number of nitro groups is 1. The van der Waals surface area contributed by atoms with Gasteiger partial charge in [0, 0.05) is 33.3 Å². The Bertz CT molecular complexity index is 739. The number of nitrogens with zero attached hydrogens (tertiary/aromatic N) is 2. The lowest BCUT2D eigenvalue weighted by atomic mass is 10.2. The molecule has 114 valence electrons. The van der Waals surface area contributed by atoms with Gasteiger partial charge in [-0.15, -0.1) is 0 Å². The molecule has 0 spiro atoms. The first-order valence-corrected chi connectivity index (χ1v) is 9.31. The minimum Gasteiger partial charge on any atom is -0.305 e. The van der Waals surface area contributed by atoms with E-state index in [-0.39, 0.29) is 29.4 Å². The zero-order valence-corrected chi connectivity index (χ0v) is 14.6. The summed E-state index contributed by atoms with van der Waals surface area (Å²) >= 11 is 7.76. The topological polar surface area (TPSA) is 97.6 Å². The van der Waals surface area contributed by atoms with Gasteiger partial charge in [-0.25, -0.2) is 8.42 Å². The number of hydrogen-bond acceptors (Lipinski definition) is 5. The maximum absolute atomic E-state index is 11.9. The van der Waals surface area contributed by atoms with Crippen LogP contribution in [0.4, 0.5) is 11.4 Å². The fourth-order valence-electron chi connectivity index (χ4n) is 1.98. The van der Waals surface area contributed by atoms with Crippen molar-refractivity contribution >= 4 is 71.2 Å². The Balaban J connectivity index is 2.50. The van der Waals surface area contributed by atoms with Gasteiger partial charge in [0.15, 0.2) is 0 Å². The van der Waals surface area contributed by atoms with Crippen LogP contribution in [0.1, 0.15) is 6.42 Å². The zero-order chi connectivity index (χ0) is 15.9. The third-order valence-corrected chi connectivity index (χ3v) is 6.38. The summed E-state index contributed by atoms with van der Waals surface area (Å²) in [5.41, 5.74) is -0.344. The molecule has 2 rings (SSSR count). The molecule has 0 aromatic heterocycles. The lowest BCUT2D eigenvalue weighted by Gasteiger charge is -2.17. The highest BCUT2D eigenvalue weighted by Crippen LogP contribution is 2.37. The SMILES string of the molecule is O=C1CC(S(=O)(=O)Cl)CN1c1cc(Cl)c(I)cc1[N+](=O)[O-]. The molecule has 1 atom stereocenters. The molecular weight excluding hydrogens is 458 g/mol. The van der Waals surface area contributed by atoms with Gasteiger partial charge in [-0.3, -0.25) is 14.9 Å². The number of hydrogen-bond donors (Lipinski definition) is 0. The molecule has 1 aromatic rings. The van der Waals surface area contributed by atoms with Gasteiger partial charge in [0.05, 0.1) is 9.95 Å². The van der Waals surface area contributed by atoms with Gasteiger partial charge in [0.2, 0.25) is 15.0 Å². The van der Waals surface area contributed by atoms with E-state index in [2.05, 4.69) is 0 Å². The molecule has 21 heavy (non-hydrogen) atoms. The van der Waals surface area contributed by atoms with Crippen LogP contribution in [0.3, 0.4) is 0 Å². The van der Waals surface area contributed by atoms with Crippen LogP contribution >= 0.6 is 44.9 Å². The normalized spacial score (nSPS) is 19.1. The molecular formula is C10H7Cl2IN2O5S. The van der Waals surface area contributed by atoms with Gasteiger partial charge in [0.25, 0.3) is 5.69 Å². The van der Waals surface area contributed by atoms with Gasteiger partial charge in [-0.1, -0.05) is 11.6 Å². The number of amides is 1. The van der Waals surface area contributed by atoms with Gasteiger partial charge in [0.1, 0.15) is 10.9 Å². The van der Waals surface area contributed by atoms with E-state index >= 15 is 0 Å². The third kappa shape index (κ3) is 3.41. The van der Waals surface area contributed by atoms with Crippen molar-refractivity contribution in [3.05, 3.63) is 30.8 Å². The molecule has 0 saturated carbocycles. The smallest absolute Gasteiger partial charge is 0.294 e. The predicted octanol–water partition coefficient (Wildman–Crippen LogP) is 2.53. The molecule has 11 heteroatoms. The molecule has 1 unspecified atom stereocenters. The van der Waals surface area contributed by atoms with Crippen molar-refractivity contribution in [2.24, 2.45) is 0 Å². The minimum atomic E-state index is -3.92. The summed E-state index contributed by atoms with van der Waals surface area (Å²) < 4.78 is 23.1. The molecule has 1 aliphatic heterocycles. The van der Waals surface area contributed by atoms with E-state index < -0.39 is 25.1 Å². The first kappa shape index (κ1) is 16.7. The Morgan fingerprint density at radius 2 is 2.05 bits per heavy atom. The third-order valence-electron chi connectivity index (χ3n) is 2.99. The molecule has 7 nitrogen and oxygen atoms in total. The lowest BCUT2D eigenvalue weighted by molar-refractivity contribution is -0.384. The van der Waals surface area contributed by atoms with Gasteiger partial charge >= 0.3 is 0 Å². The highest BCUT2D eigenvalue weighted by atomic mass is 127. The summed E-state index contributed by atoms with van der Waals surface area (Å²) in [5.74, 6) is -0.551. The van der Waals surface area contributed by atoms with Gasteiger partial charge in [-0.2, -0.15) is 0 Å². The largest absolute Gasteiger partial charge is 0.305 e. The first-order valence-electron chi connectivity index (χ1n) is 5.48. The van der Waals surface area contributed by atoms with Crippen LogP contribution in [0.2, 0.25) is 5.02 Å². The summed E-state index contributed by atoms with van der Waals surface area (Å²) in [5, 5.41) is 10.2. The fourth-order valence-corrected chi connectivity index (χ4v) is 3.62. The van der Waals surface area contributed by atoms with Crippen molar-refractivity contribution in [1.29, 1.82) is 0 Å². The fraction of sp³-hybridized carbons (Fsp3) is 0.300. The summed E-state index contributed by atoms with van der Waals surface area (Å²) in [4.78, 5) is 23.4. The van der Waals surface area contributed by atoms with Crippen molar-refractivity contribution in [3.8, 4) is 0 Å². The maximum atomic E-state index is 11.9. The second kappa shape index (κ2) is 5.86.